The highest BCUT2D eigenvalue weighted by Gasteiger charge is 2.57. The van der Waals surface area contributed by atoms with E-state index in [4.69, 9.17) is 19.9 Å². The predicted octanol–water partition coefficient (Wildman–Crippen LogP) is -1.48. The molecule has 1 aliphatic rings. The Hall–Kier alpha value is -2.98. The van der Waals surface area contributed by atoms with Gasteiger partial charge in [0.15, 0.2) is 5.82 Å². The number of aliphatic hydroxyl groups excluding tert-OH is 2. The molecule has 3 heterocycles. The van der Waals surface area contributed by atoms with E-state index in [1.165, 1.54) is 24.0 Å². The van der Waals surface area contributed by atoms with Gasteiger partial charge in [0.2, 0.25) is 5.60 Å². The second kappa shape index (κ2) is 7.95. The molecule has 1 fully saturated rings. The molecule has 28 heavy (non-hydrogen) atoms. The number of nitrogen functional groups attached to an aromatic ring is 1. The summed E-state index contributed by atoms with van der Waals surface area (Å²) in [5.74, 6) is 0.176. The number of aromatic nitrogens is 3. The number of nitrogens with two attached hydrogens (primary N) is 1. The minimum absolute atomic E-state index is 0.165. The standard InChI is InChI=1S/C16H20N6O6/c1-26-5-4-19-15(25)27-6-10-12(23)13(24)16(7-17,28-10)11-3-2-9-14(18)20-8-21-22(9)11/h2-3,8,10,12-13,23-24H,4-6H2,1H3,(H,19,25)(H2,18,20,21)/t10-,12-,13-,16+/m1/s1. The van der Waals surface area contributed by atoms with Crippen LogP contribution in [0, 0.1) is 11.3 Å². The summed E-state index contributed by atoms with van der Waals surface area (Å²) in [7, 11) is 1.49. The van der Waals surface area contributed by atoms with Crippen LogP contribution in [-0.4, -0.2) is 76.1 Å². The lowest BCUT2D eigenvalue weighted by Gasteiger charge is -2.24. The van der Waals surface area contributed by atoms with E-state index in [1.54, 1.807) is 6.07 Å². The van der Waals surface area contributed by atoms with Crippen LogP contribution in [0.2, 0.25) is 0 Å². The maximum Gasteiger partial charge on any atom is 0.407 e. The third-order valence-corrected chi connectivity index (χ3v) is 4.44. The highest BCUT2D eigenvalue weighted by Crippen LogP contribution is 2.40. The number of fused-ring (bicyclic) bond motifs is 1. The van der Waals surface area contributed by atoms with Crippen LogP contribution in [0.25, 0.3) is 5.52 Å². The Bertz CT molecular complexity index is 897. The molecule has 0 aromatic carbocycles. The van der Waals surface area contributed by atoms with Gasteiger partial charge in [-0.15, -0.1) is 0 Å². The van der Waals surface area contributed by atoms with E-state index < -0.39 is 30.0 Å². The molecule has 150 valence electrons. The molecule has 0 unspecified atom stereocenters. The monoisotopic (exact) mass is 392 g/mol. The summed E-state index contributed by atoms with van der Waals surface area (Å²) in [4.78, 5) is 15.5. The molecule has 1 saturated heterocycles. The fourth-order valence-corrected chi connectivity index (χ4v) is 3.01. The molecular formula is C16H20N6O6. The van der Waals surface area contributed by atoms with Crippen LogP contribution >= 0.6 is 0 Å². The highest BCUT2D eigenvalue weighted by atomic mass is 16.6. The normalized spacial score (nSPS) is 26.9. The van der Waals surface area contributed by atoms with Crippen LogP contribution in [-0.2, 0) is 19.8 Å². The van der Waals surface area contributed by atoms with Crippen molar-refractivity contribution in [2.45, 2.75) is 23.9 Å². The van der Waals surface area contributed by atoms with Crippen LogP contribution in [0.15, 0.2) is 18.5 Å². The van der Waals surface area contributed by atoms with Gasteiger partial charge in [0.05, 0.1) is 12.3 Å². The third-order valence-electron chi connectivity index (χ3n) is 4.44. The summed E-state index contributed by atoms with van der Waals surface area (Å²) < 4.78 is 16.8. The van der Waals surface area contributed by atoms with Gasteiger partial charge in [0.1, 0.15) is 42.8 Å². The Labute approximate surface area is 159 Å². The average Bonchev–Trinajstić information content (AvgIpc) is 3.23. The van der Waals surface area contributed by atoms with Crippen molar-refractivity contribution in [3.8, 4) is 6.07 Å². The van der Waals surface area contributed by atoms with Crippen molar-refractivity contribution < 1.29 is 29.2 Å². The van der Waals surface area contributed by atoms with Gasteiger partial charge in [-0.2, -0.15) is 10.4 Å². The number of hydrogen-bond donors (Lipinski definition) is 4. The van der Waals surface area contributed by atoms with Crippen molar-refractivity contribution in [1.29, 1.82) is 5.26 Å². The first-order valence-corrected chi connectivity index (χ1v) is 8.38. The lowest BCUT2D eigenvalue weighted by atomic mass is 9.92. The van der Waals surface area contributed by atoms with Gasteiger partial charge < -0.3 is 35.5 Å². The molecule has 1 aliphatic heterocycles. The summed E-state index contributed by atoms with van der Waals surface area (Å²) in [6, 6.07) is 4.97. The van der Waals surface area contributed by atoms with Gasteiger partial charge in [0, 0.05) is 13.7 Å². The maximum atomic E-state index is 11.6. The summed E-state index contributed by atoms with van der Waals surface area (Å²) in [6.45, 7) is 0.173. The largest absolute Gasteiger partial charge is 0.447 e. The molecule has 0 saturated carbocycles. The molecule has 5 N–H and O–H groups in total. The molecule has 2 aromatic heterocycles. The highest BCUT2D eigenvalue weighted by molar-refractivity contribution is 5.67. The molecule has 12 nitrogen and oxygen atoms in total. The number of ether oxygens (including phenoxy) is 3. The lowest BCUT2D eigenvalue weighted by molar-refractivity contribution is -0.0659. The summed E-state index contributed by atoms with van der Waals surface area (Å²) in [6.07, 6.45) is -3.77. The van der Waals surface area contributed by atoms with Crippen LogP contribution in [0.1, 0.15) is 5.69 Å². The quantitative estimate of drug-likeness (QED) is 0.424. The molecule has 2 aromatic rings. The number of nitrogens with zero attached hydrogens (tertiary/aromatic N) is 4. The number of nitrogens with one attached hydrogen (secondary N) is 1. The van der Waals surface area contributed by atoms with Crippen LogP contribution in [0.4, 0.5) is 10.6 Å². The number of carbonyl (C=O) groups is 1. The first-order chi connectivity index (χ1) is 13.4. The molecule has 1 amide bonds. The molecule has 0 radical (unpaired) electrons. The van der Waals surface area contributed by atoms with Crippen molar-refractivity contribution in [1.82, 2.24) is 19.9 Å². The molecule has 12 heteroatoms. The Morgan fingerprint density at radius 1 is 1.54 bits per heavy atom. The topological polar surface area (TPSA) is 177 Å². The minimum Gasteiger partial charge on any atom is -0.447 e. The van der Waals surface area contributed by atoms with Crippen LogP contribution < -0.4 is 11.1 Å². The van der Waals surface area contributed by atoms with Crippen molar-refractivity contribution in [2.24, 2.45) is 0 Å². The second-order valence-corrected chi connectivity index (χ2v) is 6.12. The zero-order valence-corrected chi connectivity index (χ0v) is 15.0. The van der Waals surface area contributed by atoms with E-state index in [0.29, 0.717) is 12.1 Å². The van der Waals surface area contributed by atoms with Crippen molar-refractivity contribution >= 4 is 17.4 Å². The number of amides is 1. The zero-order valence-electron chi connectivity index (χ0n) is 15.0. The number of aliphatic hydroxyl groups is 2. The second-order valence-electron chi connectivity index (χ2n) is 6.12. The van der Waals surface area contributed by atoms with Crippen molar-refractivity contribution in [2.75, 3.05) is 32.6 Å². The van der Waals surface area contributed by atoms with Gasteiger partial charge in [0.25, 0.3) is 0 Å². The molecule has 3 rings (SSSR count). The molecule has 4 atom stereocenters. The number of carbonyl (C=O) groups excluding carboxylic acids is 1. The molecular weight excluding hydrogens is 372 g/mol. The van der Waals surface area contributed by atoms with Crippen molar-refractivity contribution in [3.05, 3.63) is 24.2 Å². The first-order valence-electron chi connectivity index (χ1n) is 8.38. The SMILES string of the molecule is COCCNC(=O)OC[C@H]1O[C@@](C#N)(c2ccc3c(N)ncnn23)[C@H](O)[C@@H]1O. The van der Waals surface area contributed by atoms with Gasteiger partial charge in [-0.25, -0.2) is 14.3 Å². The number of hydrogen-bond acceptors (Lipinski definition) is 10. The Morgan fingerprint density at radius 3 is 3.04 bits per heavy atom. The van der Waals surface area contributed by atoms with E-state index in [-0.39, 0.29) is 24.7 Å². The van der Waals surface area contributed by atoms with Crippen LogP contribution in [0.3, 0.4) is 0 Å². The van der Waals surface area contributed by atoms with Crippen molar-refractivity contribution in [3.63, 3.8) is 0 Å². The Kier molecular flexibility index (Phi) is 5.61. The minimum atomic E-state index is -1.94. The third kappa shape index (κ3) is 3.32. The molecule has 0 bridgehead atoms. The summed E-state index contributed by atoms with van der Waals surface area (Å²) in [5.41, 5.74) is 4.43. The molecule has 0 aliphatic carbocycles. The smallest absolute Gasteiger partial charge is 0.407 e. The predicted molar refractivity (Wildman–Crippen MR) is 92.8 cm³/mol. The van der Waals surface area contributed by atoms with E-state index >= 15 is 0 Å². The summed E-state index contributed by atoms with van der Waals surface area (Å²) in [5, 5.41) is 37.2. The maximum absolute atomic E-state index is 11.6. The van der Waals surface area contributed by atoms with Gasteiger partial charge in [-0.05, 0) is 12.1 Å². The summed E-state index contributed by atoms with van der Waals surface area (Å²) >= 11 is 0. The zero-order chi connectivity index (χ0) is 20.3. The number of nitriles is 1. The van der Waals surface area contributed by atoms with E-state index in [1.807, 2.05) is 6.07 Å². The number of rotatable bonds is 6. The Morgan fingerprint density at radius 2 is 2.32 bits per heavy atom. The van der Waals surface area contributed by atoms with E-state index in [2.05, 4.69) is 15.4 Å². The first kappa shape index (κ1) is 19.8. The number of anilines is 1. The van der Waals surface area contributed by atoms with Gasteiger partial charge in [-0.1, -0.05) is 0 Å². The van der Waals surface area contributed by atoms with Gasteiger partial charge >= 0.3 is 6.09 Å². The number of methoxy groups -OCH3 is 1. The fraction of sp³-hybridized carbons (Fsp3) is 0.500. The lowest BCUT2D eigenvalue weighted by Crippen LogP contribution is -2.41. The Balaban J connectivity index is 1.80. The van der Waals surface area contributed by atoms with E-state index in [0.717, 1.165) is 0 Å². The fourth-order valence-electron chi connectivity index (χ4n) is 3.01. The van der Waals surface area contributed by atoms with Gasteiger partial charge in [-0.3, -0.25) is 0 Å². The number of alkyl carbamates (subject to hydrolysis) is 1. The van der Waals surface area contributed by atoms with E-state index in [9.17, 15) is 20.3 Å². The van der Waals surface area contributed by atoms with Crippen LogP contribution in [0.5, 0.6) is 0 Å². The average molecular weight is 392 g/mol. The molecule has 0 spiro atoms.